The highest BCUT2D eigenvalue weighted by molar-refractivity contribution is 7.92. The van der Waals surface area contributed by atoms with Crippen molar-refractivity contribution in [3.8, 4) is 0 Å². The van der Waals surface area contributed by atoms with Gasteiger partial charge in [0.05, 0.1) is 19.0 Å². The molecule has 1 saturated heterocycles. The van der Waals surface area contributed by atoms with Crippen LogP contribution in [0.3, 0.4) is 0 Å². The molecule has 1 fully saturated rings. The van der Waals surface area contributed by atoms with Gasteiger partial charge in [0, 0.05) is 37.6 Å². The molecule has 0 saturated carbocycles. The van der Waals surface area contributed by atoms with Crippen LogP contribution < -0.4 is 10.0 Å². The van der Waals surface area contributed by atoms with Crippen molar-refractivity contribution in [2.45, 2.75) is 6.92 Å². The molecule has 0 aromatic heterocycles. The second-order valence-corrected chi connectivity index (χ2v) is 6.97. The predicted octanol–water partition coefficient (Wildman–Crippen LogP) is 1.19. The quantitative estimate of drug-likeness (QED) is 0.791. The van der Waals surface area contributed by atoms with E-state index < -0.39 is 10.0 Å². The zero-order valence-corrected chi connectivity index (χ0v) is 13.2. The van der Waals surface area contributed by atoms with Crippen molar-refractivity contribution in [1.82, 2.24) is 4.90 Å². The largest absolute Gasteiger partial charge is 0.384 e. The summed E-state index contributed by atoms with van der Waals surface area (Å²) in [6.45, 7) is 7.05. The van der Waals surface area contributed by atoms with Crippen LogP contribution in [-0.4, -0.2) is 58.5 Å². The number of ether oxygens (including phenoxy) is 1. The van der Waals surface area contributed by atoms with Crippen molar-refractivity contribution in [3.05, 3.63) is 24.3 Å². The van der Waals surface area contributed by atoms with Gasteiger partial charge < -0.3 is 10.1 Å². The van der Waals surface area contributed by atoms with Gasteiger partial charge in [-0.15, -0.1) is 0 Å². The van der Waals surface area contributed by atoms with Crippen LogP contribution in [0.1, 0.15) is 6.92 Å². The standard InChI is InChI=1S/C14H23N3O3S/c1-2-21(18,19)16-14-5-3-13(4-6-14)15-7-8-17-9-11-20-12-10-17/h3-6,15-16H,2,7-12H2,1H3. The van der Waals surface area contributed by atoms with Crippen LogP contribution in [0.5, 0.6) is 0 Å². The number of morpholine rings is 1. The van der Waals surface area contributed by atoms with Crippen LogP contribution in [0.2, 0.25) is 0 Å². The molecule has 0 spiro atoms. The summed E-state index contributed by atoms with van der Waals surface area (Å²) in [5.41, 5.74) is 1.58. The second kappa shape index (κ2) is 7.63. The molecular weight excluding hydrogens is 290 g/mol. The number of rotatable bonds is 7. The Morgan fingerprint density at radius 2 is 1.76 bits per heavy atom. The van der Waals surface area contributed by atoms with Gasteiger partial charge in [-0.2, -0.15) is 0 Å². The summed E-state index contributed by atoms with van der Waals surface area (Å²) in [4.78, 5) is 2.36. The van der Waals surface area contributed by atoms with Crippen LogP contribution in [0.25, 0.3) is 0 Å². The maximum Gasteiger partial charge on any atom is 0.232 e. The number of nitrogens with one attached hydrogen (secondary N) is 2. The van der Waals surface area contributed by atoms with Gasteiger partial charge in [-0.05, 0) is 31.2 Å². The molecular formula is C14H23N3O3S. The molecule has 118 valence electrons. The fourth-order valence-corrected chi connectivity index (χ4v) is 2.73. The number of nitrogens with zero attached hydrogens (tertiary/aromatic N) is 1. The van der Waals surface area contributed by atoms with Gasteiger partial charge in [0.2, 0.25) is 10.0 Å². The molecule has 21 heavy (non-hydrogen) atoms. The van der Waals surface area contributed by atoms with Gasteiger partial charge >= 0.3 is 0 Å². The summed E-state index contributed by atoms with van der Waals surface area (Å²) in [5, 5.41) is 3.34. The number of hydrogen-bond acceptors (Lipinski definition) is 5. The first-order chi connectivity index (χ1) is 10.1. The normalized spacial score (nSPS) is 16.6. The minimum atomic E-state index is -3.21. The van der Waals surface area contributed by atoms with E-state index in [1.165, 1.54) is 0 Å². The van der Waals surface area contributed by atoms with Gasteiger partial charge in [0.1, 0.15) is 0 Å². The molecule has 2 N–H and O–H groups in total. The smallest absolute Gasteiger partial charge is 0.232 e. The number of sulfonamides is 1. The minimum absolute atomic E-state index is 0.0759. The molecule has 1 aliphatic rings. The van der Waals surface area contributed by atoms with E-state index in [0.29, 0.717) is 5.69 Å². The first-order valence-corrected chi connectivity index (χ1v) is 8.89. The summed E-state index contributed by atoms with van der Waals surface area (Å²) >= 11 is 0. The molecule has 0 radical (unpaired) electrons. The number of anilines is 2. The fraction of sp³-hybridized carbons (Fsp3) is 0.571. The highest BCUT2D eigenvalue weighted by Crippen LogP contribution is 2.14. The molecule has 0 amide bonds. The van der Waals surface area contributed by atoms with E-state index in [1.807, 2.05) is 12.1 Å². The lowest BCUT2D eigenvalue weighted by Gasteiger charge is -2.26. The van der Waals surface area contributed by atoms with Crippen molar-refractivity contribution in [2.75, 3.05) is 55.2 Å². The minimum Gasteiger partial charge on any atom is -0.384 e. The van der Waals surface area contributed by atoms with Gasteiger partial charge in [0.25, 0.3) is 0 Å². The van der Waals surface area contributed by atoms with Crippen LogP contribution in [-0.2, 0) is 14.8 Å². The molecule has 6 nitrogen and oxygen atoms in total. The summed E-state index contributed by atoms with van der Waals surface area (Å²) in [6, 6.07) is 7.30. The molecule has 0 aliphatic carbocycles. The molecule has 0 atom stereocenters. The average Bonchev–Trinajstić information content (AvgIpc) is 2.50. The lowest BCUT2D eigenvalue weighted by atomic mass is 10.3. The van der Waals surface area contributed by atoms with Crippen LogP contribution in [0, 0.1) is 0 Å². The van der Waals surface area contributed by atoms with E-state index >= 15 is 0 Å². The second-order valence-electron chi connectivity index (χ2n) is 4.96. The Morgan fingerprint density at radius 3 is 2.38 bits per heavy atom. The third kappa shape index (κ3) is 5.53. The summed E-state index contributed by atoms with van der Waals surface area (Å²) in [5.74, 6) is 0.0759. The van der Waals surface area contributed by atoms with E-state index in [0.717, 1.165) is 45.1 Å². The SMILES string of the molecule is CCS(=O)(=O)Nc1ccc(NCCN2CCOCC2)cc1. The maximum absolute atomic E-state index is 11.5. The Bertz CT molecular complexity index is 525. The summed E-state index contributed by atoms with van der Waals surface area (Å²) in [6.07, 6.45) is 0. The molecule has 7 heteroatoms. The maximum atomic E-state index is 11.5. The number of benzene rings is 1. The molecule has 1 aliphatic heterocycles. The monoisotopic (exact) mass is 313 g/mol. The zero-order valence-electron chi connectivity index (χ0n) is 12.3. The van der Waals surface area contributed by atoms with Crippen LogP contribution in [0.4, 0.5) is 11.4 Å². The highest BCUT2D eigenvalue weighted by atomic mass is 32.2. The van der Waals surface area contributed by atoms with Crippen molar-refractivity contribution >= 4 is 21.4 Å². The Kier molecular flexibility index (Phi) is 5.84. The Balaban J connectivity index is 1.77. The Hall–Kier alpha value is -1.31. The van der Waals surface area contributed by atoms with Gasteiger partial charge in [-0.25, -0.2) is 8.42 Å². The van der Waals surface area contributed by atoms with Gasteiger partial charge in [-0.1, -0.05) is 0 Å². The molecule has 1 aromatic carbocycles. The Morgan fingerprint density at radius 1 is 1.14 bits per heavy atom. The molecule has 0 unspecified atom stereocenters. The molecule has 0 bridgehead atoms. The third-order valence-electron chi connectivity index (χ3n) is 3.40. The molecule has 2 rings (SSSR count). The molecule has 1 aromatic rings. The van der Waals surface area contributed by atoms with Crippen molar-refractivity contribution in [3.63, 3.8) is 0 Å². The molecule has 1 heterocycles. The van der Waals surface area contributed by atoms with E-state index in [9.17, 15) is 8.42 Å². The Labute approximate surface area is 126 Å². The number of hydrogen-bond donors (Lipinski definition) is 2. The zero-order chi connectivity index (χ0) is 15.1. The van der Waals surface area contributed by atoms with Crippen molar-refractivity contribution in [1.29, 1.82) is 0 Å². The lowest BCUT2D eigenvalue weighted by molar-refractivity contribution is 0.0398. The van der Waals surface area contributed by atoms with E-state index in [-0.39, 0.29) is 5.75 Å². The third-order valence-corrected chi connectivity index (χ3v) is 4.71. The summed E-state index contributed by atoms with van der Waals surface area (Å²) < 4.78 is 30.8. The summed E-state index contributed by atoms with van der Waals surface area (Å²) in [7, 11) is -3.21. The van der Waals surface area contributed by atoms with E-state index in [4.69, 9.17) is 4.74 Å². The van der Waals surface area contributed by atoms with Crippen molar-refractivity contribution < 1.29 is 13.2 Å². The van der Waals surface area contributed by atoms with E-state index in [1.54, 1.807) is 19.1 Å². The van der Waals surface area contributed by atoms with E-state index in [2.05, 4.69) is 14.9 Å². The predicted molar refractivity (Wildman–Crippen MR) is 85.3 cm³/mol. The van der Waals surface area contributed by atoms with Crippen molar-refractivity contribution in [2.24, 2.45) is 0 Å². The average molecular weight is 313 g/mol. The first kappa shape index (κ1) is 16.1. The topological polar surface area (TPSA) is 70.7 Å². The fourth-order valence-electron chi connectivity index (χ4n) is 2.09. The lowest BCUT2D eigenvalue weighted by Crippen LogP contribution is -2.38. The van der Waals surface area contributed by atoms with Crippen LogP contribution >= 0.6 is 0 Å². The van der Waals surface area contributed by atoms with Gasteiger partial charge in [-0.3, -0.25) is 9.62 Å². The van der Waals surface area contributed by atoms with Crippen LogP contribution in [0.15, 0.2) is 24.3 Å². The highest BCUT2D eigenvalue weighted by Gasteiger charge is 2.09. The van der Waals surface area contributed by atoms with Gasteiger partial charge in [0.15, 0.2) is 0 Å². The first-order valence-electron chi connectivity index (χ1n) is 7.23.